The maximum Gasteiger partial charge on any atom is 0.192 e. The topological polar surface area (TPSA) is 60.8 Å². The molecule has 6 nitrogen and oxygen atoms in total. The van der Waals surface area contributed by atoms with E-state index in [4.69, 9.17) is 16.6 Å². The second-order valence-electron chi connectivity index (χ2n) is 11.8. The fraction of sp³-hybridized carbons (Fsp3) is 0.400. The average molecular weight is 616 g/mol. The Labute approximate surface area is 265 Å². The normalized spacial score (nSPS) is 25.6. The van der Waals surface area contributed by atoms with Crippen LogP contribution in [0.4, 0.5) is 5.69 Å². The molecule has 0 amide bonds. The highest BCUT2D eigenvalue weighted by Gasteiger charge is 2.30. The van der Waals surface area contributed by atoms with E-state index in [9.17, 15) is 4.79 Å². The number of anilines is 1. The maximum absolute atomic E-state index is 13.4. The first-order chi connectivity index (χ1) is 20.6. The highest BCUT2D eigenvalue weighted by molar-refractivity contribution is 8.05. The van der Waals surface area contributed by atoms with E-state index in [-0.39, 0.29) is 22.7 Å². The molecular formula is C35H42ClN5OS. The number of nitrogens with zero attached hydrogens (tertiary/aromatic N) is 4. The fourth-order valence-corrected chi connectivity index (χ4v) is 7.80. The number of piperazine rings is 1. The molecule has 4 heterocycles. The Balaban J connectivity index is 1.30. The number of carbonyl (C=O) groups excluding carboxylic acids is 1. The molecule has 0 saturated carbocycles. The molecule has 0 aromatic carbocycles. The molecule has 5 rings (SSSR count). The molecule has 3 aliphatic heterocycles. The first kappa shape index (κ1) is 31.3. The van der Waals surface area contributed by atoms with E-state index in [0.717, 1.165) is 84.7 Å². The van der Waals surface area contributed by atoms with E-state index in [1.807, 2.05) is 25.4 Å². The Morgan fingerprint density at radius 2 is 1.77 bits per heavy atom. The Morgan fingerprint density at radius 3 is 2.47 bits per heavy atom. The molecule has 1 aromatic rings. The first-order valence-electron chi connectivity index (χ1n) is 15.0. The third kappa shape index (κ3) is 7.34. The summed E-state index contributed by atoms with van der Waals surface area (Å²) in [4.78, 5) is 28.2. The van der Waals surface area contributed by atoms with Crippen molar-refractivity contribution in [1.82, 2.24) is 15.2 Å². The van der Waals surface area contributed by atoms with E-state index in [2.05, 4.69) is 78.3 Å². The van der Waals surface area contributed by atoms with Crippen molar-refractivity contribution < 1.29 is 4.79 Å². The number of thioether (sulfide) groups is 1. The molecule has 1 aromatic heterocycles. The Bertz CT molecular complexity index is 1480. The molecule has 0 spiro atoms. The van der Waals surface area contributed by atoms with Gasteiger partial charge in [0.1, 0.15) is 12.0 Å². The number of rotatable bonds is 6. The standard InChI is InChI=1S/C35H42ClN5OS/c1-22-18-25(4)33(38-34(26(5)19-22)41-16-14-40(15-17-41)28-10-12-37-13-11-28)39-35-27(6)21-31(43-35)30(42)20-24(3)32-23(2)8-7-9-29(32)36/h10-13,18-21,29,33,35,39H,5-9,14-17H2,1-4H3. The summed E-state index contributed by atoms with van der Waals surface area (Å²) in [5.74, 6) is 0.901. The summed E-state index contributed by atoms with van der Waals surface area (Å²) in [6.45, 7) is 20.5. The van der Waals surface area contributed by atoms with Gasteiger partial charge < -0.3 is 9.80 Å². The molecule has 8 heteroatoms. The summed E-state index contributed by atoms with van der Waals surface area (Å²) in [7, 11) is 0. The summed E-state index contributed by atoms with van der Waals surface area (Å²) in [5, 5.41) is 3.49. The zero-order chi connectivity index (χ0) is 30.7. The molecule has 1 N–H and O–H groups in total. The number of ketones is 1. The van der Waals surface area contributed by atoms with Crippen LogP contribution in [0.2, 0.25) is 0 Å². The van der Waals surface area contributed by atoms with Crippen LogP contribution >= 0.6 is 23.4 Å². The highest BCUT2D eigenvalue weighted by atomic mass is 35.5. The minimum atomic E-state index is -0.282. The molecule has 0 bridgehead atoms. The molecule has 3 atom stereocenters. The monoisotopic (exact) mass is 615 g/mol. The zero-order valence-corrected chi connectivity index (χ0v) is 27.3. The van der Waals surface area contributed by atoms with Crippen LogP contribution in [0.5, 0.6) is 0 Å². The van der Waals surface area contributed by atoms with Crippen LogP contribution in [0.25, 0.3) is 0 Å². The van der Waals surface area contributed by atoms with Gasteiger partial charge in [-0.15, -0.1) is 11.6 Å². The average Bonchev–Trinajstić information content (AvgIpc) is 3.35. The van der Waals surface area contributed by atoms with Gasteiger partial charge in [-0.1, -0.05) is 42.1 Å². The number of hydrogen-bond donors (Lipinski definition) is 1. The van der Waals surface area contributed by atoms with Crippen LogP contribution in [0.15, 0.2) is 111 Å². The number of alkyl halides is 1. The fourth-order valence-electron chi connectivity index (χ4n) is 6.23. The number of amidine groups is 1. The highest BCUT2D eigenvalue weighted by Crippen LogP contribution is 2.37. The smallest absolute Gasteiger partial charge is 0.192 e. The van der Waals surface area contributed by atoms with E-state index >= 15 is 0 Å². The lowest BCUT2D eigenvalue weighted by atomic mass is 9.87. The Hall–Kier alpha value is -3.13. The number of hydrogen-bond acceptors (Lipinski definition) is 7. The molecule has 226 valence electrons. The maximum atomic E-state index is 13.4. The Kier molecular flexibility index (Phi) is 9.95. The van der Waals surface area contributed by atoms with Crippen molar-refractivity contribution in [3.05, 3.63) is 106 Å². The lowest BCUT2D eigenvalue weighted by Crippen LogP contribution is -2.50. The number of halogens is 1. The summed E-state index contributed by atoms with van der Waals surface area (Å²) in [6.07, 6.45) is 14.4. The van der Waals surface area contributed by atoms with Crippen LogP contribution in [-0.2, 0) is 4.79 Å². The van der Waals surface area contributed by atoms with Gasteiger partial charge in [0.2, 0.25) is 0 Å². The van der Waals surface area contributed by atoms with Gasteiger partial charge in [-0.3, -0.25) is 15.1 Å². The molecule has 43 heavy (non-hydrogen) atoms. The summed E-state index contributed by atoms with van der Waals surface area (Å²) >= 11 is 8.15. The van der Waals surface area contributed by atoms with Gasteiger partial charge >= 0.3 is 0 Å². The van der Waals surface area contributed by atoms with E-state index < -0.39 is 0 Å². The van der Waals surface area contributed by atoms with E-state index in [1.54, 1.807) is 6.08 Å². The third-order valence-electron chi connectivity index (χ3n) is 8.44. The van der Waals surface area contributed by atoms with Gasteiger partial charge in [-0.05, 0) is 99.6 Å². The number of nitrogens with one attached hydrogen (secondary N) is 1. The predicted molar refractivity (Wildman–Crippen MR) is 183 cm³/mol. The molecule has 4 aliphatic rings. The second kappa shape index (κ2) is 13.7. The van der Waals surface area contributed by atoms with Crippen molar-refractivity contribution >= 4 is 40.7 Å². The Morgan fingerprint density at radius 1 is 1.07 bits per heavy atom. The summed E-state index contributed by atoms with van der Waals surface area (Å²) in [5.41, 5.74) is 8.57. The SMILES string of the molecule is C=C1C=C(C)C=C(C)C(NC2SC(C(=O)C=C(C)C3=C(C)CCCC3Cl)=CC2=C)N=C1N1CCN(c2ccncc2)CC1. The van der Waals surface area contributed by atoms with Crippen LogP contribution in [-0.4, -0.2) is 64.6 Å². The lowest BCUT2D eigenvalue weighted by Gasteiger charge is -2.38. The number of pyridine rings is 1. The van der Waals surface area contributed by atoms with Gasteiger partial charge in [-0.25, -0.2) is 4.99 Å². The van der Waals surface area contributed by atoms with E-state index in [1.165, 1.54) is 23.0 Å². The van der Waals surface area contributed by atoms with Gasteiger partial charge in [0.05, 0.1) is 15.7 Å². The minimum absolute atomic E-state index is 0.00367. The van der Waals surface area contributed by atoms with Crippen LogP contribution in [0.3, 0.4) is 0 Å². The van der Waals surface area contributed by atoms with E-state index in [0.29, 0.717) is 4.91 Å². The van der Waals surface area contributed by atoms with Crippen molar-refractivity contribution in [2.24, 2.45) is 4.99 Å². The molecule has 0 radical (unpaired) electrons. The first-order valence-corrected chi connectivity index (χ1v) is 16.4. The van der Waals surface area contributed by atoms with Crippen molar-refractivity contribution in [3.63, 3.8) is 0 Å². The lowest BCUT2D eigenvalue weighted by molar-refractivity contribution is -0.110. The molecule has 1 aliphatic carbocycles. The minimum Gasteiger partial charge on any atom is -0.368 e. The van der Waals surface area contributed by atoms with Crippen LogP contribution in [0, 0.1) is 0 Å². The van der Waals surface area contributed by atoms with Gasteiger partial charge in [0, 0.05) is 49.8 Å². The molecule has 3 unspecified atom stereocenters. The van der Waals surface area contributed by atoms with Gasteiger partial charge in [-0.2, -0.15) is 0 Å². The number of aliphatic imine (C=N–C) groups is 1. The van der Waals surface area contributed by atoms with Crippen molar-refractivity contribution in [3.8, 4) is 0 Å². The summed E-state index contributed by atoms with van der Waals surface area (Å²) in [6, 6.07) is 4.11. The number of carbonyl (C=O) groups is 1. The zero-order valence-electron chi connectivity index (χ0n) is 25.7. The van der Waals surface area contributed by atoms with Crippen LogP contribution < -0.4 is 10.2 Å². The molecule has 1 saturated heterocycles. The summed E-state index contributed by atoms with van der Waals surface area (Å²) < 4.78 is 0. The largest absolute Gasteiger partial charge is 0.368 e. The number of allylic oxidation sites excluding steroid dienone is 7. The molecule has 1 fully saturated rings. The molecular weight excluding hydrogens is 574 g/mol. The van der Waals surface area contributed by atoms with Crippen molar-refractivity contribution in [2.45, 2.75) is 63.9 Å². The van der Waals surface area contributed by atoms with Crippen molar-refractivity contribution in [2.75, 3.05) is 31.1 Å². The van der Waals surface area contributed by atoms with Crippen molar-refractivity contribution in [1.29, 1.82) is 0 Å². The van der Waals surface area contributed by atoms with Crippen LogP contribution in [0.1, 0.15) is 47.0 Å². The van der Waals surface area contributed by atoms with Gasteiger partial charge in [0.15, 0.2) is 5.78 Å². The predicted octanol–water partition coefficient (Wildman–Crippen LogP) is 7.12. The van der Waals surface area contributed by atoms with Gasteiger partial charge in [0.25, 0.3) is 0 Å². The third-order valence-corrected chi connectivity index (χ3v) is 10.1. The second-order valence-corrected chi connectivity index (χ2v) is 13.5. The quantitative estimate of drug-likeness (QED) is 0.272. The number of aromatic nitrogens is 1.